The second-order valence-electron chi connectivity index (χ2n) is 10.6. The standard InChI is InChI=1S/C22H25N7O5.C8H11N3O4/c1-2-11(9-14-10-25-19-17(26-14)18(23)28-22(24)29-19)12-3-5-13(6-4-12)20(32)27-15(21(33)34)7-8-16(30)31;1-5(12)11-7(8(14)15)3-2-6(13)4-10-9/h3-6,10-11,15H,2,7-9H2,1H3,(H,27,32)(H,30,31)(H,33,34)(H4,23,24,25,28,29);4,7H,2-3H2,1H3,(H,11,12)(H,14,15)/t11?,15-;7-/m00/s1. The fraction of sp³-hybridized carbons (Fsp3) is 0.367. The quantitative estimate of drug-likeness (QED) is 0.0578. The molecule has 0 saturated carbocycles. The number of H-pyrrole nitrogens is 1. The van der Waals surface area contributed by atoms with E-state index in [9.17, 15) is 33.9 Å². The number of hydrogen-bond acceptors (Lipinski definition) is 11. The number of carbonyl (C=O) groups is 6. The van der Waals surface area contributed by atoms with Crippen LogP contribution in [0.4, 0.5) is 5.82 Å². The molecule has 3 rings (SSSR count). The number of anilines is 1. The molecule has 0 aliphatic heterocycles. The summed E-state index contributed by atoms with van der Waals surface area (Å²) in [5, 5.41) is 38.7. The predicted octanol–water partition coefficient (Wildman–Crippen LogP) is 0.424. The number of carbonyl (C=O) groups excluding carboxylic acids is 3. The third-order valence-electron chi connectivity index (χ3n) is 6.93. The van der Waals surface area contributed by atoms with Crippen LogP contribution in [0.1, 0.15) is 73.5 Å². The van der Waals surface area contributed by atoms with Crippen molar-refractivity contribution in [1.29, 1.82) is 5.41 Å². The lowest BCUT2D eigenvalue weighted by molar-refractivity contribution is -0.142. The number of hydrogen-bond donors (Lipinski definition) is 8. The first-order valence-electron chi connectivity index (χ1n) is 14.8. The fourth-order valence-corrected chi connectivity index (χ4v) is 4.44. The zero-order valence-corrected chi connectivity index (χ0v) is 26.5. The Hall–Kier alpha value is -6.36. The fourth-order valence-electron chi connectivity index (χ4n) is 4.44. The SMILES string of the molecule is CC(=O)N[C@@H](CCC(=O)C=[N+]=[N-])C(=O)O.CCC(Cc1cnc2nc(=N)[nH]c(N)c2n1)c1ccc(C(=O)N[C@@H](CCC(=O)O)C(=O)O)cc1. The Morgan fingerprint density at radius 3 is 2.16 bits per heavy atom. The average Bonchev–Trinajstić information content (AvgIpc) is 3.04. The second-order valence-corrected chi connectivity index (χ2v) is 10.6. The Balaban J connectivity index is 0.000000469. The summed E-state index contributed by atoms with van der Waals surface area (Å²) in [6, 6.07) is 4.40. The largest absolute Gasteiger partial charge is 0.481 e. The van der Waals surface area contributed by atoms with Gasteiger partial charge in [-0.2, -0.15) is 9.77 Å². The minimum absolute atomic E-state index is 0.0419. The van der Waals surface area contributed by atoms with E-state index in [-0.39, 0.29) is 54.2 Å². The molecule has 0 fully saturated rings. The van der Waals surface area contributed by atoms with Gasteiger partial charge in [0.15, 0.2) is 5.65 Å². The first kappa shape index (κ1) is 38.8. The summed E-state index contributed by atoms with van der Waals surface area (Å²) in [6.07, 6.45) is 2.90. The zero-order valence-electron chi connectivity index (χ0n) is 26.5. The second kappa shape index (κ2) is 18.7. The van der Waals surface area contributed by atoms with E-state index in [1.165, 1.54) is 6.92 Å². The highest BCUT2D eigenvalue weighted by atomic mass is 16.4. The molecule has 0 saturated heterocycles. The van der Waals surface area contributed by atoms with E-state index in [4.69, 9.17) is 26.9 Å². The number of carboxylic acids is 3. The third-order valence-corrected chi connectivity index (χ3v) is 6.93. The molecule has 19 nitrogen and oxygen atoms in total. The molecule has 2 amide bonds. The summed E-state index contributed by atoms with van der Waals surface area (Å²) in [5.41, 5.74) is 16.4. The highest BCUT2D eigenvalue weighted by Gasteiger charge is 2.22. The van der Waals surface area contributed by atoms with Crippen LogP contribution >= 0.6 is 0 Å². The number of amides is 2. The van der Waals surface area contributed by atoms with E-state index < -0.39 is 47.6 Å². The van der Waals surface area contributed by atoms with Crippen LogP contribution in [-0.4, -0.2) is 93.8 Å². The van der Waals surface area contributed by atoms with Crippen molar-refractivity contribution < 1.29 is 48.9 Å². The Morgan fingerprint density at radius 2 is 1.61 bits per heavy atom. The molecule has 0 aliphatic carbocycles. The molecule has 1 unspecified atom stereocenters. The van der Waals surface area contributed by atoms with Gasteiger partial charge in [0.05, 0.1) is 11.9 Å². The summed E-state index contributed by atoms with van der Waals surface area (Å²) in [7, 11) is 0. The predicted molar refractivity (Wildman–Crippen MR) is 170 cm³/mol. The molecule has 19 heteroatoms. The van der Waals surface area contributed by atoms with Crippen LogP contribution in [0, 0.1) is 5.41 Å². The van der Waals surface area contributed by atoms with E-state index in [0.717, 1.165) is 12.0 Å². The van der Waals surface area contributed by atoms with Gasteiger partial charge < -0.3 is 42.2 Å². The Kier molecular flexibility index (Phi) is 14.8. The number of ketones is 1. The summed E-state index contributed by atoms with van der Waals surface area (Å²) in [6.45, 7) is 3.21. The number of aromatic nitrogens is 4. The average molecular weight is 681 g/mol. The van der Waals surface area contributed by atoms with Gasteiger partial charge >= 0.3 is 24.1 Å². The van der Waals surface area contributed by atoms with Gasteiger partial charge in [0, 0.05) is 25.3 Å². The van der Waals surface area contributed by atoms with E-state index >= 15 is 0 Å². The molecule has 3 aromatic rings. The van der Waals surface area contributed by atoms with Crippen LogP contribution in [0.25, 0.3) is 16.7 Å². The zero-order chi connectivity index (χ0) is 36.7. The number of nitrogens with one attached hydrogen (secondary N) is 4. The molecular formula is C30H36N10O9. The van der Waals surface area contributed by atoms with Crippen molar-refractivity contribution in [3.05, 3.63) is 58.4 Å². The molecule has 9 N–H and O–H groups in total. The van der Waals surface area contributed by atoms with Crippen molar-refractivity contribution in [2.45, 2.75) is 70.4 Å². The number of aliphatic carboxylic acids is 3. The van der Waals surface area contributed by atoms with Gasteiger partial charge in [0.2, 0.25) is 17.3 Å². The molecule has 1 aromatic carbocycles. The molecule has 0 bridgehead atoms. The van der Waals surface area contributed by atoms with Gasteiger partial charge in [0.25, 0.3) is 5.91 Å². The maximum Gasteiger partial charge on any atom is 0.326 e. The number of carboxylic acid groups (broad SMARTS) is 3. The Labute approximate surface area is 278 Å². The van der Waals surface area contributed by atoms with Gasteiger partial charge in [-0.3, -0.25) is 24.6 Å². The van der Waals surface area contributed by atoms with Crippen molar-refractivity contribution in [2.24, 2.45) is 0 Å². The van der Waals surface area contributed by atoms with Gasteiger partial charge in [0.1, 0.15) is 23.4 Å². The lowest BCUT2D eigenvalue weighted by Crippen LogP contribution is -2.41. The molecule has 49 heavy (non-hydrogen) atoms. The maximum absolute atomic E-state index is 12.5. The number of fused-ring (bicyclic) bond motifs is 1. The van der Waals surface area contributed by atoms with Crippen LogP contribution in [-0.2, 0) is 30.4 Å². The topological polar surface area (TPSA) is 328 Å². The number of rotatable bonds is 16. The van der Waals surface area contributed by atoms with Crippen LogP contribution in [0.5, 0.6) is 0 Å². The van der Waals surface area contributed by atoms with Crippen molar-refractivity contribution >= 4 is 58.7 Å². The number of Topliss-reactive ketones (excluding diaryl/α,β-unsaturated/α-hetero) is 1. The minimum atomic E-state index is -1.29. The molecule has 260 valence electrons. The van der Waals surface area contributed by atoms with Crippen molar-refractivity contribution in [1.82, 2.24) is 30.6 Å². The van der Waals surface area contributed by atoms with Crippen molar-refractivity contribution in [2.75, 3.05) is 5.73 Å². The minimum Gasteiger partial charge on any atom is -0.481 e. The molecule has 2 aromatic heterocycles. The molecule has 3 atom stereocenters. The lowest BCUT2D eigenvalue weighted by atomic mass is 9.91. The van der Waals surface area contributed by atoms with Crippen molar-refractivity contribution in [3.8, 4) is 0 Å². The summed E-state index contributed by atoms with van der Waals surface area (Å²) >= 11 is 0. The highest BCUT2D eigenvalue weighted by molar-refractivity contribution is 6.25. The van der Waals surface area contributed by atoms with Crippen molar-refractivity contribution in [3.63, 3.8) is 0 Å². The van der Waals surface area contributed by atoms with Crippen LogP contribution in [0.15, 0.2) is 30.5 Å². The van der Waals surface area contributed by atoms with Gasteiger partial charge in [-0.1, -0.05) is 19.1 Å². The van der Waals surface area contributed by atoms with Crippen LogP contribution in [0.3, 0.4) is 0 Å². The molecular weight excluding hydrogens is 644 g/mol. The van der Waals surface area contributed by atoms with E-state index in [1.54, 1.807) is 30.5 Å². The number of nitrogens with zero attached hydrogens (tertiary/aromatic N) is 5. The molecule has 0 radical (unpaired) electrons. The first-order chi connectivity index (χ1) is 23.1. The lowest BCUT2D eigenvalue weighted by Gasteiger charge is -2.17. The highest BCUT2D eigenvalue weighted by Crippen LogP contribution is 2.25. The van der Waals surface area contributed by atoms with E-state index in [0.29, 0.717) is 23.8 Å². The van der Waals surface area contributed by atoms with Crippen LogP contribution in [0.2, 0.25) is 0 Å². The van der Waals surface area contributed by atoms with Crippen LogP contribution < -0.4 is 22.0 Å². The smallest absolute Gasteiger partial charge is 0.326 e. The summed E-state index contributed by atoms with van der Waals surface area (Å²) in [5.74, 6) is -4.92. The molecule has 0 spiro atoms. The first-order valence-corrected chi connectivity index (χ1v) is 14.8. The Morgan fingerprint density at radius 1 is 1.00 bits per heavy atom. The number of aromatic amines is 1. The van der Waals surface area contributed by atoms with Gasteiger partial charge in [-0.15, -0.1) is 0 Å². The van der Waals surface area contributed by atoms with Gasteiger partial charge in [-0.05, 0) is 49.3 Å². The number of benzene rings is 1. The third kappa shape index (κ3) is 12.7. The maximum atomic E-state index is 12.5. The number of nitrogens with two attached hydrogens (primary N) is 1. The Bertz CT molecular complexity index is 1800. The molecule has 0 aliphatic rings. The summed E-state index contributed by atoms with van der Waals surface area (Å²) < 4.78 is 0. The monoisotopic (exact) mass is 680 g/mol. The van der Waals surface area contributed by atoms with E-state index in [2.05, 4.69) is 35.4 Å². The normalized spacial score (nSPS) is 12.2. The van der Waals surface area contributed by atoms with Gasteiger partial charge in [-0.25, -0.2) is 19.6 Å². The summed E-state index contributed by atoms with van der Waals surface area (Å²) in [4.78, 5) is 84.4. The van der Waals surface area contributed by atoms with E-state index in [1.807, 2.05) is 6.92 Å². The molecule has 2 heterocycles. The number of nitrogen functional groups attached to an aromatic ring is 1.